The third-order valence-corrected chi connectivity index (χ3v) is 3.66. The van der Waals surface area contributed by atoms with Crippen LogP contribution >= 0.6 is 0 Å². The lowest BCUT2D eigenvalue weighted by Gasteiger charge is -2.29. The Morgan fingerprint density at radius 2 is 1.88 bits per heavy atom. The van der Waals surface area contributed by atoms with Gasteiger partial charge < -0.3 is 10.6 Å². The third kappa shape index (κ3) is 4.10. The van der Waals surface area contributed by atoms with Crippen molar-refractivity contribution in [3.63, 3.8) is 0 Å². The molecule has 2 rings (SSSR count). The molecular formula is C14H23N3. The molecule has 1 aliphatic rings. The van der Waals surface area contributed by atoms with Gasteiger partial charge in [0.25, 0.3) is 0 Å². The van der Waals surface area contributed by atoms with Crippen molar-refractivity contribution < 1.29 is 0 Å². The smallest absolute Gasteiger partial charge is 0.0271 e. The quantitative estimate of drug-likeness (QED) is 0.865. The second-order valence-corrected chi connectivity index (χ2v) is 5.33. The van der Waals surface area contributed by atoms with E-state index in [-0.39, 0.29) is 0 Å². The van der Waals surface area contributed by atoms with E-state index in [1.807, 2.05) is 12.4 Å². The molecule has 3 nitrogen and oxygen atoms in total. The average molecular weight is 233 g/mol. The summed E-state index contributed by atoms with van der Waals surface area (Å²) in [5.74, 6) is 0.835. The summed E-state index contributed by atoms with van der Waals surface area (Å²) < 4.78 is 0. The van der Waals surface area contributed by atoms with Crippen LogP contribution in [0.25, 0.3) is 0 Å². The number of aromatic nitrogens is 1. The van der Waals surface area contributed by atoms with Crippen LogP contribution in [0.5, 0.6) is 0 Å². The van der Waals surface area contributed by atoms with Crippen LogP contribution in [-0.4, -0.2) is 29.5 Å². The molecule has 0 bridgehead atoms. The summed E-state index contributed by atoms with van der Waals surface area (Å²) in [6.07, 6.45) is 8.72. The van der Waals surface area contributed by atoms with E-state index in [1.165, 1.54) is 37.8 Å². The predicted molar refractivity (Wildman–Crippen MR) is 70.5 cm³/mol. The van der Waals surface area contributed by atoms with Gasteiger partial charge in [0, 0.05) is 31.5 Å². The van der Waals surface area contributed by atoms with Crippen molar-refractivity contribution in [3.8, 4) is 0 Å². The van der Waals surface area contributed by atoms with Crippen LogP contribution in [0.15, 0.2) is 24.5 Å². The zero-order valence-corrected chi connectivity index (χ0v) is 10.7. The Morgan fingerprint density at radius 3 is 2.53 bits per heavy atom. The number of hydrogen-bond donors (Lipinski definition) is 1. The van der Waals surface area contributed by atoms with E-state index in [4.69, 9.17) is 5.73 Å². The molecule has 1 aromatic heterocycles. The maximum absolute atomic E-state index is 5.93. The van der Waals surface area contributed by atoms with Gasteiger partial charge in [-0.1, -0.05) is 0 Å². The van der Waals surface area contributed by atoms with Crippen molar-refractivity contribution in [1.82, 2.24) is 9.88 Å². The highest BCUT2D eigenvalue weighted by Crippen LogP contribution is 2.24. The topological polar surface area (TPSA) is 42.2 Å². The molecule has 0 unspecified atom stereocenters. The van der Waals surface area contributed by atoms with Crippen LogP contribution in [0.4, 0.5) is 0 Å². The van der Waals surface area contributed by atoms with Crippen molar-refractivity contribution in [1.29, 1.82) is 0 Å². The molecule has 0 aliphatic heterocycles. The third-order valence-electron chi connectivity index (χ3n) is 3.66. The number of pyridine rings is 1. The van der Waals surface area contributed by atoms with Crippen molar-refractivity contribution >= 4 is 0 Å². The SMILES string of the molecule is CN(Cc1ccncc1)CC1CCC(N)CC1. The molecule has 1 aliphatic carbocycles. The van der Waals surface area contributed by atoms with E-state index in [1.54, 1.807) is 0 Å². The molecule has 1 aromatic rings. The minimum atomic E-state index is 0.455. The lowest BCUT2D eigenvalue weighted by Crippen LogP contribution is -2.32. The van der Waals surface area contributed by atoms with Gasteiger partial charge in [0.15, 0.2) is 0 Å². The van der Waals surface area contributed by atoms with Gasteiger partial charge in [0.2, 0.25) is 0 Å². The Balaban J connectivity index is 1.76. The van der Waals surface area contributed by atoms with E-state index >= 15 is 0 Å². The minimum Gasteiger partial charge on any atom is -0.328 e. The van der Waals surface area contributed by atoms with Gasteiger partial charge in [0.05, 0.1) is 0 Å². The molecule has 3 heteroatoms. The number of rotatable bonds is 4. The molecule has 1 heterocycles. The average Bonchev–Trinajstić information content (AvgIpc) is 2.33. The lowest BCUT2D eigenvalue weighted by molar-refractivity contribution is 0.219. The first kappa shape index (κ1) is 12.5. The van der Waals surface area contributed by atoms with Crippen LogP contribution in [-0.2, 0) is 6.54 Å². The van der Waals surface area contributed by atoms with Gasteiger partial charge >= 0.3 is 0 Å². The van der Waals surface area contributed by atoms with Gasteiger partial charge in [-0.3, -0.25) is 4.98 Å². The van der Waals surface area contributed by atoms with Crippen molar-refractivity contribution in [2.75, 3.05) is 13.6 Å². The van der Waals surface area contributed by atoms with Crippen LogP contribution < -0.4 is 5.73 Å². The molecule has 0 radical (unpaired) electrons. The number of hydrogen-bond acceptors (Lipinski definition) is 3. The molecule has 0 atom stereocenters. The molecule has 0 amide bonds. The summed E-state index contributed by atoms with van der Waals surface area (Å²) in [5.41, 5.74) is 7.27. The highest BCUT2D eigenvalue weighted by atomic mass is 15.1. The highest BCUT2D eigenvalue weighted by Gasteiger charge is 2.19. The van der Waals surface area contributed by atoms with Gasteiger partial charge in [-0.05, 0) is 56.3 Å². The van der Waals surface area contributed by atoms with Crippen molar-refractivity contribution in [3.05, 3.63) is 30.1 Å². The molecule has 0 spiro atoms. The van der Waals surface area contributed by atoms with Crippen LogP contribution in [0.1, 0.15) is 31.2 Å². The summed E-state index contributed by atoms with van der Waals surface area (Å²) in [5, 5.41) is 0. The Kier molecular flexibility index (Phi) is 4.51. The van der Waals surface area contributed by atoms with Gasteiger partial charge in [0.1, 0.15) is 0 Å². The zero-order valence-electron chi connectivity index (χ0n) is 10.7. The van der Waals surface area contributed by atoms with E-state index in [0.717, 1.165) is 12.5 Å². The first-order chi connectivity index (χ1) is 8.24. The summed E-state index contributed by atoms with van der Waals surface area (Å²) in [7, 11) is 2.20. The first-order valence-electron chi connectivity index (χ1n) is 6.57. The van der Waals surface area contributed by atoms with Gasteiger partial charge in [-0.25, -0.2) is 0 Å². The van der Waals surface area contributed by atoms with Crippen LogP contribution in [0, 0.1) is 5.92 Å². The van der Waals surface area contributed by atoms with E-state index in [0.29, 0.717) is 6.04 Å². The molecule has 1 saturated carbocycles. The maximum atomic E-state index is 5.93. The van der Waals surface area contributed by atoms with Crippen molar-refractivity contribution in [2.24, 2.45) is 11.7 Å². The highest BCUT2D eigenvalue weighted by molar-refractivity contribution is 5.09. The van der Waals surface area contributed by atoms with Crippen molar-refractivity contribution in [2.45, 2.75) is 38.3 Å². The summed E-state index contributed by atoms with van der Waals surface area (Å²) in [6, 6.07) is 4.64. The molecule has 94 valence electrons. The minimum absolute atomic E-state index is 0.455. The Labute approximate surface area is 104 Å². The molecular weight excluding hydrogens is 210 g/mol. The second-order valence-electron chi connectivity index (χ2n) is 5.33. The molecule has 1 fully saturated rings. The number of nitrogens with zero attached hydrogens (tertiary/aromatic N) is 2. The zero-order chi connectivity index (χ0) is 12.1. The summed E-state index contributed by atoms with van der Waals surface area (Å²) in [6.45, 7) is 2.21. The standard InChI is InChI=1S/C14H23N3/c1-17(11-13-6-8-16-9-7-13)10-12-2-4-14(15)5-3-12/h6-9,12,14H,2-5,10-11,15H2,1H3. The fraction of sp³-hybridized carbons (Fsp3) is 0.643. The molecule has 0 saturated heterocycles. The van der Waals surface area contributed by atoms with Crippen LogP contribution in [0.3, 0.4) is 0 Å². The molecule has 2 N–H and O–H groups in total. The normalized spacial score (nSPS) is 25.1. The Bertz CT molecular complexity index is 317. The molecule has 0 aromatic carbocycles. The summed E-state index contributed by atoms with van der Waals surface area (Å²) in [4.78, 5) is 6.46. The fourth-order valence-electron chi connectivity index (χ4n) is 2.68. The van der Waals surface area contributed by atoms with E-state index < -0.39 is 0 Å². The number of nitrogens with two attached hydrogens (primary N) is 1. The van der Waals surface area contributed by atoms with Gasteiger partial charge in [-0.15, -0.1) is 0 Å². The van der Waals surface area contributed by atoms with Gasteiger partial charge in [-0.2, -0.15) is 0 Å². The molecule has 17 heavy (non-hydrogen) atoms. The Hall–Kier alpha value is -0.930. The summed E-state index contributed by atoms with van der Waals surface area (Å²) >= 11 is 0. The second kappa shape index (κ2) is 6.12. The maximum Gasteiger partial charge on any atom is 0.0271 e. The predicted octanol–water partition coefficient (Wildman–Crippen LogP) is 2.03. The first-order valence-corrected chi connectivity index (χ1v) is 6.57. The fourth-order valence-corrected chi connectivity index (χ4v) is 2.68. The van der Waals surface area contributed by atoms with E-state index in [2.05, 4.69) is 29.1 Å². The largest absolute Gasteiger partial charge is 0.328 e. The van der Waals surface area contributed by atoms with Crippen LogP contribution in [0.2, 0.25) is 0 Å². The van der Waals surface area contributed by atoms with E-state index in [9.17, 15) is 0 Å². The Morgan fingerprint density at radius 1 is 1.24 bits per heavy atom. The monoisotopic (exact) mass is 233 g/mol. The lowest BCUT2D eigenvalue weighted by atomic mass is 9.86.